The second kappa shape index (κ2) is 5.46. The lowest BCUT2D eigenvalue weighted by Gasteiger charge is -2.38. The third kappa shape index (κ3) is 2.72. The van der Waals surface area contributed by atoms with Crippen LogP contribution >= 0.6 is 11.6 Å². The van der Waals surface area contributed by atoms with Crippen LogP contribution in [0.15, 0.2) is 18.2 Å². The third-order valence-electron chi connectivity index (χ3n) is 3.11. The molecular weight excluding hydrogens is 288 g/mol. The second-order valence-corrected chi connectivity index (χ2v) is 4.97. The lowest BCUT2D eigenvalue weighted by molar-refractivity contribution is -0.385. The van der Waals surface area contributed by atoms with E-state index >= 15 is 0 Å². The van der Waals surface area contributed by atoms with Gasteiger partial charge in [0.15, 0.2) is 0 Å². The van der Waals surface area contributed by atoms with Gasteiger partial charge in [0.2, 0.25) is 0 Å². The van der Waals surface area contributed by atoms with Gasteiger partial charge in [-0.05, 0) is 12.1 Å². The van der Waals surface area contributed by atoms with Crippen LogP contribution in [0.1, 0.15) is 16.8 Å². The van der Waals surface area contributed by atoms with Crippen LogP contribution in [-0.4, -0.2) is 39.9 Å². The zero-order valence-electron chi connectivity index (χ0n) is 10.3. The SMILES string of the molecule is O=C(O)CC1CN(C(=O)c2cccc(Cl)c2[N+](=O)[O-])C1. The van der Waals surface area contributed by atoms with Crippen LogP contribution < -0.4 is 0 Å². The lowest BCUT2D eigenvalue weighted by Crippen LogP contribution is -2.50. The van der Waals surface area contributed by atoms with Gasteiger partial charge in [0, 0.05) is 19.0 Å². The van der Waals surface area contributed by atoms with Crippen LogP contribution in [0, 0.1) is 16.0 Å². The highest BCUT2D eigenvalue weighted by Gasteiger charge is 2.35. The molecule has 1 saturated heterocycles. The predicted molar refractivity (Wildman–Crippen MR) is 69.8 cm³/mol. The number of nitrogens with zero attached hydrogens (tertiary/aromatic N) is 2. The maximum absolute atomic E-state index is 12.2. The highest BCUT2D eigenvalue weighted by atomic mass is 35.5. The van der Waals surface area contributed by atoms with Crippen molar-refractivity contribution in [2.24, 2.45) is 5.92 Å². The van der Waals surface area contributed by atoms with Crippen LogP contribution in [0.25, 0.3) is 0 Å². The van der Waals surface area contributed by atoms with Crippen LogP contribution in [0.5, 0.6) is 0 Å². The summed E-state index contributed by atoms with van der Waals surface area (Å²) in [5.41, 5.74) is -0.489. The molecule has 0 unspecified atom stereocenters. The van der Waals surface area contributed by atoms with Crippen molar-refractivity contribution in [2.75, 3.05) is 13.1 Å². The Hall–Kier alpha value is -2.15. The molecule has 0 saturated carbocycles. The van der Waals surface area contributed by atoms with Gasteiger partial charge in [-0.1, -0.05) is 17.7 Å². The van der Waals surface area contributed by atoms with Gasteiger partial charge in [0.1, 0.15) is 10.6 Å². The van der Waals surface area contributed by atoms with Crippen LogP contribution in [0.4, 0.5) is 5.69 Å². The van der Waals surface area contributed by atoms with E-state index in [-0.39, 0.29) is 36.0 Å². The van der Waals surface area contributed by atoms with Crippen molar-refractivity contribution in [1.29, 1.82) is 0 Å². The van der Waals surface area contributed by atoms with Crippen molar-refractivity contribution in [3.8, 4) is 0 Å². The van der Waals surface area contributed by atoms with E-state index in [2.05, 4.69) is 0 Å². The van der Waals surface area contributed by atoms with Gasteiger partial charge in [-0.3, -0.25) is 19.7 Å². The van der Waals surface area contributed by atoms with Crippen LogP contribution in [-0.2, 0) is 4.79 Å². The first-order chi connectivity index (χ1) is 9.40. The predicted octanol–water partition coefficient (Wildman–Crippen LogP) is 1.79. The summed E-state index contributed by atoms with van der Waals surface area (Å²) >= 11 is 5.74. The summed E-state index contributed by atoms with van der Waals surface area (Å²) < 4.78 is 0. The first kappa shape index (κ1) is 14.3. The van der Waals surface area contributed by atoms with Crippen LogP contribution in [0.3, 0.4) is 0 Å². The van der Waals surface area contributed by atoms with E-state index in [4.69, 9.17) is 16.7 Å². The van der Waals surface area contributed by atoms with Gasteiger partial charge < -0.3 is 10.0 Å². The molecule has 7 nitrogen and oxygen atoms in total. The highest BCUT2D eigenvalue weighted by Crippen LogP contribution is 2.31. The Morgan fingerprint density at radius 2 is 2.10 bits per heavy atom. The summed E-state index contributed by atoms with van der Waals surface area (Å²) in [6.45, 7) is 0.573. The van der Waals surface area contributed by atoms with Crippen molar-refractivity contribution in [2.45, 2.75) is 6.42 Å². The number of nitro benzene ring substituents is 1. The van der Waals surface area contributed by atoms with Gasteiger partial charge in [0.25, 0.3) is 5.91 Å². The molecule has 20 heavy (non-hydrogen) atoms. The summed E-state index contributed by atoms with van der Waals surface area (Å²) in [5.74, 6) is -1.52. The van der Waals surface area contributed by atoms with E-state index in [1.165, 1.54) is 23.1 Å². The molecule has 1 aliphatic heterocycles. The van der Waals surface area contributed by atoms with Crippen molar-refractivity contribution in [1.82, 2.24) is 4.90 Å². The number of carboxylic acid groups (broad SMARTS) is 1. The summed E-state index contributed by atoms with van der Waals surface area (Å²) in [6, 6.07) is 4.16. The quantitative estimate of drug-likeness (QED) is 0.674. The molecule has 0 aromatic heterocycles. The smallest absolute Gasteiger partial charge is 0.303 e. The van der Waals surface area contributed by atoms with Crippen molar-refractivity contribution < 1.29 is 19.6 Å². The minimum absolute atomic E-state index is 0.0125. The fraction of sp³-hybridized carbons (Fsp3) is 0.333. The largest absolute Gasteiger partial charge is 0.481 e. The van der Waals surface area contributed by atoms with Gasteiger partial charge >= 0.3 is 11.7 Å². The average Bonchev–Trinajstić information content (AvgIpc) is 2.31. The molecule has 0 radical (unpaired) electrons. The number of carbonyl (C=O) groups is 2. The number of rotatable bonds is 4. The number of para-hydroxylation sites is 1. The average molecular weight is 299 g/mol. The molecule has 0 spiro atoms. The number of halogens is 1. The molecule has 1 aromatic rings. The number of amides is 1. The second-order valence-electron chi connectivity index (χ2n) is 4.57. The first-order valence-corrected chi connectivity index (χ1v) is 6.22. The molecule has 1 amide bonds. The van der Waals surface area contributed by atoms with E-state index in [1.807, 2.05) is 0 Å². The zero-order valence-corrected chi connectivity index (χ0v) is 11.0. The molecular formula is C12H11ClN2O5. The Labute approximate surface area is 118 Å². The van der Waals surface area contributed by atoms with E-state index in [0.29, 0.717) is 0 Å². The minimum atomic E-state index is -0.921. The number of nitro groups is 1. The van der Waals surface area contributed by atoms with E-state index in [0.717, 1.165) is 0 Å². The van der Waals surface area contributed by atoms with E-state index in [9.17, 15) is 19.7 Å². The van der Waals surface area contributed by atoms with Crippen LogP contribution in [0.2, 0.25) is 5.02 Å². The van der Waals surface area contributed by atoms with E-state index < -0.39 is 22.5 Å². The van der Waals surface area contributed by atoms with Gasteiger partial charge in [0.05, 0.1) is 11.3 Å². The summed E-state index contributed by atoms with van der Waals surface area (Å²) in [5, 5.41) is 19.5. The topological polar surface area (TPSA) is 101 Å². The van der Waals surface area contributed by atoms with Gasteiger partial charge in [-0.15, -0.1) is 0 Å². The molecule has 8 heteroatoms. The monoisotopic (exact) mass is 298 g/mol. The Morgan fingerprint density at radius 1 is 1.45 bits per heavy atom. The number of hydrogen-bond acceptors (Lipinski definition) is 4. The Bertz CT molecular complexity index is 583. The highest BCUT2D eigenvalue weighted by molar-refractivity contribution is 6.33. The third-order valence-corrected chi connectivity index (χ3v) is 3.41. The Kier molecular flexibility index (Phi) is 3.89. The standard InChI is InChI=1S/C12H11ClN2O5/c13-9-3-1-2-8(11(9)15(19)20)12(18)14-5-7(6-14)4-10(16)17/h1-3,7H,4-6H2,(H,16,17). The normalized spacial score (nSPS) is 14.8. The number of aliphatic carboxylic acids is 1. The zero-order chi connectivity index (χ0) is 14.9. The van der Waals surface area contributed by atoms with Crippen molar-refractivity contribution in [3.05, 3.63) is 38.9 Å². The van der Waals surface area contributed by atoms with Crippen molar-refractivity contribution in [3.63, 3.8) is 0 Å². The molecule has 0 atom stereocenters. The van der Waals surface area contributed by atoms with E-state index in [1.54, 1.807) is 0 Å². The number of carboxylic acids is 1. The molecule has 2 rings (SSSR count). The van der Waals surface area contributed by atoms with Gasteiger partial charge in [-0.25, -0.2) is 0 Å². The summed E-state index contributed by atoms with van der Waals surface area (Å²) in [6.07, 6.45) is -0.0125. The molecule has 1 aliphatic rings. The number of benzene rings is 1. The number of hydrogen-bond donors (Lipinski definition) is 1. The first-order valence-electron chi connectivity index (χ1n) is 5.84. The fourth-order valence-electron chi connectivity index (χ4n) is 2.16. The summed E-state index contributed by atoms with van der Waals surface area (Å²) in [4.78, 5) is 34.3. The van der Waals surface area contributed by atoms with Crippen molar-refractivity contribution >= 4 is 29.2 Å². The number of likely N-dealkylation sites (tertiary alicyclic amines) is 1. The summed E-state index contributed by atoms with van der Waals surface area (Å²) in [7, 11) is 0. The lowest BCUT2D eigenvalue weighted by atomic mass is 9.95. The molecule has 1 fully saturated rings. The Balaban J connectivity index is 2.14. The minimum Gasteiger partial charge on any atom is -0.481 e. The molecule has 0 aliphatic carbocycles. The fourth-order valence-corrected chi connectivity index (χ4v) is 2.40. The van der Waals surface area contributed by atoms with Gasteiger partial charge in [-0.2, -0.15) is 0 Å². The molecule has 106 valence electrons. The molecule has 0 bridgehead atoms. The number of carbonyl (C=O) groups excluding carboxylic acids is 1. The molecule has 1 N–H and O–H groups in total. The molecule has 1 heterocycles. The maximum atomic E-state index is 12.2. The Morgan fingerprint density at radius 3 is 2.65 bits per heavy atom. The molecule has 1 aromatic carbocycles. The maximum Gasteiger partial charge on any atom is 0.303 e.